The number of anilines is 1. The number of amides is 1. The van der Waals surface area contributed by atoms with Crippen LogP contribution in [0.4, 0.5) is 5.69 Å². The summed E-state index contributed by atoms with van der Waals surface area (Å²) in [6.07, 6.45) is 1.61. The number of nitrogens with one attached hydrogen (secondary N) is 1. The number of rotatable bonds is 5. The lowest BCUT2D eigenvalue weighted by Crippen LogP contribution is -2.14. The Balaban J connectivity index is 1.63. The number of benzene rings is 2. The van der Waals surface area contributed by atoms with Crippen molar-refractivity contribution in [1.82, 2.24) is 14.8 Å². The van der Waals surface area contributed by atoms with E-state index in [1.807, 2.05) is 49.4 Å². The van der Waals surface area contributed by atoms with E-state index >= 15 is 0 Å². The van der Waals surface area contributed by atoms with Gasteiger partial charge in [-0.2, -0.15) is 10.4 Å². The predicted octanol–water partition coefficient (Wildman–Crippen LogP) is 3.92. The lowest BCUT2D eigenvalue weighted by molar-refractivity contribution is 0.102. The number of carbonyl (C=O) groups is 1. The Morgan fingerprint density at radius 3 is 2.77 bits per heavy atom. The third kappa shape index (κ3) is 3.59. The van der Waals surface area contributed by atoms with Crippen LogP contribution in [-0.4, -0.2) is 27.8 Å². The van der Waals surface area contributed by atoms with E-state index in [1.54, 1.807) is 23.0 Å². The van der Waals surface area contributed by atoms with Crippen LogP contribution in [-0.2, 0) is 6.54 Å². The number of hydrogen-bond donors (Lipinski definition) is 1. The highest BCUT2D eigenvalue weighted by atomic mass is 16.5. The van der Waals surface area contributed by atoms with E-state index in [1.165, 1.54) is 7.11 Å². The number of hydrogen-bond acceptors (Lipinski definition) is 5. The van der Waals surface area contributed by atoms with Crippen molar-refractivity contribution in [2.45, 2.75) is 13.5 Å². The van der Waals surface area contributed by atoms with Crippen LogP contribution in [0.5, 0.6) is 5.88 Å². The van der Waals surface area contributed by atoms with Crippen LogP contribution >= 0.6 is 0 Å². The van der Waals surface area contributed by atoms with E-state index in [0.29, 0.717) is 34.8 Å². The second-order valence-electron chi connectivity index (χ2n) is 6.75. The van der Waals surface area contributed by atoms with E-state index in [4.69, 9.17) is 4.74 Å². The predicted molar refractivity (Wildman–Crippen MR) is 113 cm³/mol. The van der Waals surface area contributed by atoms with E-state index < -0.39 is 0 Å². The van der Waals surface area contributed by atoms with Crippen molar-refractivity contribution < 1.29 is 9.53 Å². The maximum absolute atomic E-state index is 13.0. The molecule has 0 saturated carbocycles. The normalized spacial score (nSPS) is 10.6. The zero-order chi connectivity index (χ0) is 21.1. The van der Waals surface area contributed by atoms with E-state index in [9.17, 15) is 10.1 Å². The Kier molecular flexibility index (Phi) is 5.14. The summed E-state index contributed by atoms with van der Waals surface area (Å²) in [5.74, 6) is 0.103. The smallest absolute Gasteiger partial charge is 0.256 e. The maximum Gasteiger partial charge on any atom is 0.256 e. The number of para-hydroxylation sites is 1. The summed E-state index contributed by atoms with van der Waals surface area (Å²) < 4.78 is 7.01. The van der Waals surface area contributed by atoms with Crippen LogP contribution < -0.4 is 10.1 Å². The average Bonchev–Trinajstić information content (AvgIpc) is 3.12. The Bertz CT molecular complexity index is 1290. The molecule has 7 heteroatoms. The molecular formula is C23H19N5O2. The van der Waals surface area contributed by atoms with Crippen molar-refractivity contribution in [3.05, 3.63) is 83.2 Å². The van der Waals surface area contributed by atoms with Gasteiger partial charge in [-0.25, -0.2) is 4.98 Å². The third-order valence-corrected chi connectivity index (χ3v) is 4.96. The lowest BCUT2D eigenvalue weighted by atomic mass is 10.1. The standard InChI is InChI=1S/C23H19N5O2/c1-15-21(13-25-28(15)14-17-8-4-3-7-16(17)12-24)27-23(29)19-11-22(30-2)26-20-10-6-5-9-18(19)20/h3-11,13H,14H2,1-2H3,(H,27,29). The van der Waals surface area contributed by atoms with Gasteiger partial charge >= 0.3 is 0 Å². The number of nitrogens with zero attached hydrogens (tertiary/aromatic N) is 4. The molecule has 0 atom stereocenters. The number of ether oxygens (including phenoxy) is 1. The largest absolute Gasteiger partial charge is 0.481 e. The summed E-state index contributed by atoms with van der Waals surface area (Å²) in [6, 6.07) is 18.6. The molecule has 0 saturated heterocycles. The molecule has 0 spiro atoms. The second-order valence-corrected chi connectivity index (χ2v) is 6.75. The van der Waals surface area contributed by atoms with Gasteiger partial charge in [0.05, 0.1) is 53.9 Å². The number of carbonyl (C=O) groups excluding carboxylic acids is 1. The van der Waals surface area contributed by atoms with Crippen molar-refractivity contribution in [2.24, 2.45) is 0 Å². The minimum atomic E-state index is -0.271. The van der Waals surface area contributed by atoms with Gasteiger partial charge in [0.1, 0.15) is 0 Å². The summed E-state index contributed by atoms with van der Waals surface area (Å²) in [7, 11) is 1.52. The number of fused-ring (bicyclic) bond motifs is 1. The molecule has 30 heavy (non-hydrogen) atoms. The molecule has 148 valence electrons. The van der Waals surface area contributed by atoms with Gasteiger partial charge in [0.2, 0.25) is 5.88 Å². The summed E-state index contributed by atoms with van der Waals surface area (Å²) in [5, 5.41) is 17.4. The molecule has 4 aromatic rings. The second kappa shape index (κ2) is 8.05. The summed E-state index contributed by atoms with van der Waals surface area (Å²) in [4.78, 5) is 17.4. The first kappa shape index (κ1) is 19.2. The van der Waals surface area contributed by atoms with Crippen LogP contribution in [0.2, 0.25) is 0 Å². The van der Waals surface area contributed by atoms with Crippen LogP contribution in [0.15, 0.2) is 60.8 Å². The van der Waals surface area contributed by atoms with Crippen LogP contribution in [0.25, 0.3) is 10.9 Å². The van der Waals surface area contributed by atoms with Gasteiger partial charge in [-0.05, 0) is 24.6 Å². The molecule has 4 rings (SSSR count). The number of pyridine rings is 1. The molecule has 2 aromatic heterocycles. The van der Waals surface area contributed by atoms with Gasteiger partial charge in [-0.3, -0.25) is 9.48 Å². The quantitative estimate of drug-likeness (QED) is 0.551. The molecule has 0 radical (unpaired) electrons. The van der Waals surface area contributed by atoms with Crippen molar-refractivity contribution in [1.29, 1.82) is 5.26 Å². The molecule has 1 amide bonds. The fraction of sp³-hybridized carbons (Fsp3) is 0.130. The number of aromatic nitrogens is 3. The molecule has 0 fully saturated rings. The molecule has 0 unspecified atom stereocenters. The Labute approximate surface area is 173 Å². The Morgan fingerprint density at radius 1 is 1.20 bits per heavy atom. The highest BCUT2D eigenvalue weighted by molar-refractivity contribution is 6.12. The van der Waals surface area contributed by atoms with Crippen molar-refractivity contribution in [3.8, 4) is 11.9 Å². The van der Waals surface area contributed by atoms with Crippen LogP contribution in [0.1, 0.15) is 27.2 Å². The first-order valence-corrected chi connectivity index (χ1v) is 9.36. The fourth-order valence-corrected chi connectivity index (χ4v) is 3.29. The highest BCUT2D eigenvalue weighted by Gasteiger charge is 2.16. The third-order valence-electron chi connectivity index (χ3n) is 4.96. The Morgan fingerprint density at radius 2 is 1.97 bits per heavy atom. The summed E-state index contributed by atoms with van der Waals surface area (Å²) in [6.45, 7) is 2.32. The maximum atomic E-state index is 13.0. The monoisotopic (exact) mass is 397 g/mol. The minimum absolute atomic E-state index is 0.271. The zero-order valence-electron chi connectivity index (χ0n) is 16.6. The van der Waals surface area contributed by atoms with E-state index in [2.05, 4.69) is 21.5 Å². The molecule has 0 aliphatic carbocycles. The van der Waals surface area contributed by atoms with Gasteiger partial charge in [-0.1, -0.05) is 36.4 Å². The molecule has 2 heterocycles. The topological polar surface area (TPSA) is 92.8 Å². The van der Waals surface area contributed by atoms with Gasteiger partial charge in [0.25, 0.3) is 5.91 Å². The van der Waals surface area contributed by atoms with Crippen molar-refractivity contribution in [3.63, 3.8) is 0 Å². The molecule has 7 nitrogen and oxygen atoms in total. The van der Waals surface area contributed by atoms with Crippen molar-refractivity contribution >= 4 is 22.5 Å². The molecule has 1 N–H and O–H groups in total. The zero-order valence-corrected chi connectivity index (χ0v) is 16.6. The van der Waals surface area contributed by atoms with Gasteiger partial charge in [0, 0.05) is 11.5 Å². The van der Waals surface area contributed by atoms with Gasteiger partial charge in [0.15, 0.2) is 0 Å². The van der Waals surface area contributed by atoms with Crippen molar-refractivity contribution in [2.75, 3.05) is 12.4 Å². The molecule has 0 aliphatic rings. The number of methoxy groups -OCH3 is 1. The lowest BCUT2D eigenvalue weighted by Gasteiger charge is -2.10. The van der Waals surface area contributed by atoms with E-state index in [-0.39, 0.29) is 5.91 Å². The van der Waals surface area contributed by atoms with Gasteiger partial charge in [-0.15, -0.1) is 0 Å². The summed E-state index contributed by atoms with van der Waals surface area (Å²) >= 11 is 0. The fourth-order valence-electron chi connectivity index (χ4n) is 3.29. The first-order valence-electron chi connectivity index (χ1n) is 9.36. The Hall–Kier alpha value is -4.18. The molecular weight excluding hydrogens is 378 g/mol. The van der Waals surface area contributed by atoms with Crippen LogP contribution in [0, 0.1) is 18.3 Å². The molecule has 2 aromatic carbocycles. The highest BCUT2D eigenvalue weighted by Crippen LogP contribution is 2.24. The SMILES string of the molecule is COc1cc(C(=O)Nc2cnn(Cc3ccccc3C#N)c2C)c2ccccc2n1. The first-order chi connectivity index (χ1) is 14.6. The van der Waals surface area contributed by atoms with Gasteiger partial charge < -0.3 is 10.1 Å². The van der Waals surface area contributed by atoms with E-state index in [0.717, 1.165) is 16.6 Å². The molecule has 0 bridgehead atoms. The number of nitriles is 1. The summed E-state index contributed by atoms with van der Waals surface area (Å²) in [5.41, 5.74) is 4.03. The molecule has 0 aliphatic heterocycles. The van der Waals surface area contributed by atoms with Crippen LogP contribution in [0.3, 0.4) is 0 Å². The minimum Gasteiger partial charge on any atom is -0.481 e. The average molecular weight is 397 g/mol.